The maximum Gasteiger partial charge on any atom is 0.238 e. The molecule has 1 aliphatic heterocycles. The molecule has 0 bridgehead atoms. The Hall–Kier alpha value is -3.16. The van der Waals surface area contributed by atoms with Crippen LogP contribution in [0.25, 0.3) is 0 Å². The molecule has 1 saturated heterocycles. The molecule has 3 aromatic carbocycles. The van der Waals surface area contributed by atoms with E-state index < -0.39 is 11.4 Å². The molecular formula is C28H30F3N3O. The zero-order valence-corrected chi connectivity index (χ0v) is 20.0. The van der Waals surface area contributed by atoms with Crippen molar-refractivity contribution in [2.24, 2.45) is 0 Å². The normalized spacial score (nSPS) is 18.4. The van der Waals surface area contributed by atoms with E-state index in [0.29, 0.717) is 31.7 Å². The van der Waals surface area contributed by atoms with Crippen molar-refractivity contribution >= 4 is 11.6 Å². The second-order valence-electron chi connectivity index (χ2n) is 9.58. The fraction of sp³-hybridized carbons (Fsp3) is 0.321. The largest absolute Gasteiger partial charge is 0.325 e. The number of hydrogen-bond donors (Lipinski definition) is 1. The SMILES string of the molecule is CC1(C)C(Cc2ccc(F)cc2)N(Cc2ccc(F)cc2)CCN1CC(=O)Nc1cccc(F)c1. The standard InChI is InChI=1S/C28H30F3N3O/c1-28(2)26(16-20-6-10-22(29)11-7-20)33(18-21-8-12-23(30)13-9-21)14-15-34(28)19-27(35)32-25-5-3-4-24(31)17-25/h3-13,17,26H,14-16,18-19H2,1-2H3,(H,32,35). The van der Waals surface area contributed by atoms with Gasteiger partial charge in [-0.1, -0.05) is 30.3 Å². The predicted octanol–water partition coefficient (Wildman–Crippen LogP) is 5.25. The van der Waals surface area contributed by atoms with E-state index in [1.807, 2.05) is 0 Å². The van der Waals surface area contributed by atoms with E-state index in [4.69, 9.17) is 0 Å². The van der Waals surface area contributed by atoms with Gasteiger partial charge in [0.2, 0.25) is 5.91 Å². The summed E-state index contributed by atoms with van der Waals surface area (Å²) in [4.78, 5) is 17.3. The zero-order chi connectivity index (χ0) is 25.0. The van der Waals surface area contributed by atoms with Crippen molar-refractivity contribution in [3.05, 3.63) is 101 Å². The molecule has 0 saturated carbocycles. The number of nitrogens with one attached hydrogen (secondary N) is 1. The summed E-state index contributed by atoms with van der Waals surface area (Å²) in [5.74, 6) is -1.17. The molecule has 1 aliphatic rings. The minimum Gasteiger partial charge on any atom is -0.325 e. The quantitative estimate of drug-likeness (QED) is 0.501. The van der Waals surface area contributed by atoms with Crippen LogP contribution in [0, 0.1) is 17.5 Å². The van der Waals surface area contributed by atoms with Gasteiger partial charge in [0.05, 0.1) is 6.54 Å². The summed E-state index contributed by atoms with van der Waals surface area (Å²) in [5.41, 5.74) is 2.01. The Morgan fingerprint density at radius 3 is 2.14 bits per heavy atom. The van der Waals surface area contributed by atoms with Crippen molar-refractivity contribution < 1.29 is 18.0 Å². The molecule has 0 spiro atoms. The summed E-state index contributed by atoms with van der Waals surface area (Å²) in [5, 5.41) is 2.78. The molecule has 0 radical (unpaired) electrons. The maximum atomic E-state index is 13.5. The van der Waals surface area contributed by atoms with E-state index in [0.717, 1.165) is 11.1 Å². The van der Waals surface area contributed by atoms with Crippen LogP contribution in [0.2, 0.25) is 0 Å². The monoisotopic (exact) mass is 481 g/mol. The molecule has 4 nitrogen and oxygen atoms in total. The molecule has 1 amide bonds. The van der Waals surface area contributed by atoms with E-state index in [9.17, 15) is 18.0 Å². The third-order valence-electron chi connectivity index (χ3n) is 6.81. The molecule has 4 rings (SSSR count). The molecule has 1 atom stereocenters. The smallest absolute Gasteiger partial charge is 0.238 e. The van der Waals surface area contributed by atoms with Crippen LogP contribution in [-0.4, -0.2) is 46.9 Å². The molecule has 7 heteroatoms. The number of nitrogens with zero attached hydrogens (tertiary/aromatic N) is 2. The Bertz CT molecular complexity index is 1150. The van der Waals surface area contributed by atoms with Crippen LogP contribution in [-0.2, 0) is 17.8 Å². The van der Waals surface area contributed by atoms with E-state index in [2.05, 4.69) is 29.0 Å². The van der Waals surface area contributed by atoms with Crippen LogP contribution in [0.4, 0.5) is 18.9 Å². The lowest BCUT2D eigenvalue weighted by atomic mass is 9.83. The molecular weight excluding hydrogens is 451 g/mol. The fourth-order valence-electron chi connectivity index (χ4n) is 4.81. The van der Waals surface area contributed by atoms with Gasteiger partial charge >= 0.3 is 0 Å². The first kappa shape index (κ1) is 24.9. The highest BCUT2D eigenvalue weighted by molar-refractivity contribution is 5.92. The van der Waals surface area contributed by atoms with Gasteiger partial charge in [-0.3, -0.25) is 14.6 Å². The Balaban J connectivity index is 1.53. The van der Waals surface area contributed by atoms with Gasteiger partial charge in [-0.2, -0.15) is 0 Å². The van der Waals surface area contributed by atoms with Gasteiger partial charge in [-0.05, 0) is 73.9 Å². The zero-order valence-electron chi connectivity index (χ0n) is 20.0. The van der Waals surface area contributed by atoms with Gasteiger partial charge < -0.3 is 5.32 Å². The minimum atomic E-state index is -0.411. The van der Waals surface area contributed by atoms with E-state index in [1.165, 1.54) is 36.4 Å². The Morgan fingerprint density at radius 2 is 1.51 bits per heavy atom. The summed E-state index contributed by atoms with van der Waals surface area (Å²) in [6.45, 7) is 6.37. The summed E-state index contributed by atoms with van der Waals surface area (Å²) in [6.07, 6.45) is 0.663. The molecule has 184 valence electrons. The van der Waals surface area contributed by atoms with Gasteiger partial charge in [0, 0.05) is 36.9 Å². The Morgan fingerprint density at radius 1 is 0.886 bits per heavy atom. The fourth-order valence-corrected chi connectivity index (χ4v) is 4.81. The van der Waals surface area contributed by atoms with E-state index in [-0.39, 0.29) is 30.1 Å². The summed E-state index contributed by atoms with van der Waals surface area (Å²) in [6, 6.07) is 18.8. The van der Waals surface area contributed by atoms with Crippen molar-refractivity contribution in [2.75, 3.05) is 25.0 Å². The van der Waals surface area contributed by atoms with Crippen LogP contribution in [0.5, 0.6) is 0 Å². The van der Waals surface area contributed by atoms with Crippen molar-refractivity contribution in [3.8, 4) is 0 Å². The molecule has 35 heavy (non-hydrogen) atoms. The summed E-state index contributed by atoms with van der Waals surface area (Å²) >= 11 is 0. The number of hydrogen-bond acceptors (Lipinski definition) is 3. The van der Waals surface area contributed by atoms with Crippen molar-refractivity contribution in [2.45, 2.75) is 38.4 Å². The Kier molecular flexibility index (Phi) is 7.57. The van der Waals surface area contributed by atoms with Crippen molar-refractivity contribution in [3.63, 3.8) is 0 Å². The third-order valence-corrected chi connectivity index (χ3v) is 6.81. The number of halogens is 3. The average Bonchev–Trinajstić information content (AvgIpc) is 2.81. The number of amides is 1. The van der Waals surface area contributed by atoms with Crippen LogP contribution in [0.15, 0.2) is 72.8 Å². The first-order valence-electron chi connectivity index (χ1n) is 11.7. The van der Waals surface area contributed by atoms with Gasteiger partial charge in [0.15, 0.2) is 0 Å². The first-order chi connectivity index (χ1) is 16.7. The number of carbonyl (C=O) groups is 1. The minimum absolute atomic E-state index is 0.00809. The predicted molar refractivity (Wildman–Crippen MR) is 131 cm³/mol. The van der Waals surface area contributed by atoms with E-state index >= 15 is 0 Å². The van der Waals surface area contributed by atoms with Gasteiger partial charge in [-0.15, -0.1) is 0 Å². The van der Waals surface area contributed by atoms with Crippen LogP contribution in [0.3, 0.4) is 0 Å². The Labute approximate surface area is 204 Å². The molecule has 1 heterocycles. The van der Waals surface area contributed by atoms with Crippen LogP contribution < -0.4 is 5.32 Å². The lowest BCUT2D eigenvalue weighted by molar-refractivity contribution is -0.121. The van der Waals surface area contributed by atoms with Gasteiger partial charge in [0.1, 0.15) is 17.5 Å². The topological polar surface area (TPSA) is 35.6 Å². The number of carbonyl (C=O) groups excluding carboxylic acids is 1. The number of benzene rings is 3. The first-order valence-corrected chi connectivity index (χ1v) is 11.7. The highest BCUT2D eigenvalue weighted by atomic mass is 19.1. The molecule has 1 N–H and O–H groups in total. The van der Waals surface area contributed by atoms with Crippen molar-refractivity contribution in [1.82, 2.24) is 9.80 Å². The van der Waals surface area contributed by atoms with Crippen molar-refractivity contribution in [1.29, 1.82) is 0 Å². The van der Waals surface area contributed by atoms with E-state index in [1.54, 1.807) is 36.4 Å². The van der Waals surface area contributed by atoms with Gasteiger partial charge in [-0.25, -0.2) is 13.2 Å². The van der Waals surface area contributed by atoms with Crippen LogP contribution in [0.1, 0.15) is 25.0 Å². The molecule has 3 aromatic rings. The van der Waals surface area contributed by atoms with Gasteiger partial charge in [0.25, 0.3) is 0 Å². The number of piperazine rings is 1. The average molecular weight is 482 g/mol. The second kappa shape index (κ2) is 10.6. The summed E-state index contributed by atoms with van der Waals surface area (Å²) in [7, 11) is 0. The highest BCUT2D eigenvalue weighted by Crippen LogP contribution is 2.31. The lowest BCUT2D eigenvalue weighted by Gasteiger charge is -2.53. The highest BCUT2D eigenvalue weighted by Gasteiger charge is 2.43. The summed E-state index contributed by atoms with van der Waals surface area (Å²) < 4.78 is 40.4. The number of rotatable bonds is 7. The molecule has 0 aliphatic carbocycles. The third kappa shape index (κ3) is 6.29. The molecule has 1 unspecified atom stereocenters. The second-order valence-corrected chi connectivity index (χ2v) is 9.58. The van der Waals surface area contributed by atoms with Crippen LogP contribution >= 0.6 is 0 Å². The molecule has 1 fully saturated rings. The molecule has 0 aromatic heterocycles. The number of anilines is 1. The lowest BCUT2D eigenvalue weighted by Crippen LogP contribution is -2.66. The maximum absolute atomic E-state index is 13.5.